The number of anilines is 2. The van der Waals surface area contributed by atoms with Crippen molar-refractivity contribution in [2.45, 2.75) is 13.3 Å². The second-order valence-corrected chi connectivity index (χ2v) is 6.72. The molecule has 7 heteroatoms. The molecule has 0 bridgehead atoms. The van der Waals surface area contributed by atoms with Crippen molar-refractivity contribution in [1.82, 2.24) is 0 Å². The molecule has 0 saturated heterocycles. The van der Waals surface area contributed by atoms with Gasteiger partial charge in [-0.05, 0) is 66.6 Å². The number of ether oxygens (including phenoxy) is 2. The summed E-state index contributed by atoms with van der Waals surface area (Å²) in [7, 11) is 1.45. The predicted octanol–water partition coefficient (Wildman–Crippen LogP) is 4.67. The second kappa shape index (κ2) is 10.2. The van der Waals surface area contributed by atoms with Crippen LogP contribution in [-0.4, -0.2) is 25.5 Å². The van der Waals surface area contributed by atoms with Crippen LogP contribution < -0.4 is 20.1 Å². The maximum Gasteiger partial charge on any atom is 0.262 e. The van der Waals surface area contributed by atoms with Gasteiger partial charge in [0.15, 0.2) is 18.1 Å². The molecule has 0 spiro atoms. The van der Waals surface area contributed by atoms with Gasteiger partial charge in [-0.15, -0.1) is 0 Å². The van der Waals surface area contributed by atoms with E-state index in [1.165, 1.54) is 31.4 Å². The summed E-state index contributed by atoms with van der Waals surface area (Å²) in [6.45, 7) is 1.77. The summed E-state index contributed by atoms with van der Waals surface area (Å²) in [6, 6.07) is 17.8. The van der Waals surface area contributed by atoms with E-state index in [0.29, 0.717) is 28.4 Å². The molecule has 0 aromatic heterocycles. The lowest BCUT2D eigenvalue weighted by Gasteiger charge is -2.13. The predicted molar refractivity (Wildman–Crippen MR) is 117 cm³/mol. The third kappa shape index (κ3) is 6.05. The molecule has 3 aromatic carbocycles. The molecular formula is C24H23FN2O4. The van der Waals surface area contributed by atoms with Crippen molar-refractivity contribution >= 4 is 23.2 Å². The van der Waals surface area contributed by atoms with E-state index in [4.69, 9.17) is 9.47 Å². The average molecular weight is 422 g/mol. The van der Waals surface area contributed by atoms with Gasteiger partial charge in [0.2, 0.25) is 0 Å². The van der Waals surface area contributed by atoms with Crippen LogP contribution >= 0.6 is 0 Å². The highest BCUT2D eigenvalue weighted by Gasteiger charge is 2.13. The number of halogens is 1. The second-order valence-electron chi connectivity index (χ2n) is 6.72. The third-order valence-corrected chi connectivity index (χ3v) is 4.51. The van der Waals surface area contributed by atoms with Crippen molar-refractivity contribution in [3.05, 3.63) is 83.7 Å². The monoisotopic (exact) mass is 422 g/mol. The van der Waals surface area contributed by atoms with Crippen LogP contribution in [0.4, 0.5) is 15.8 Å². The number of aryl methyl sites for hydroxylation is 1. The lowest BCUT2D eigenvalue weighted by Crippen LogP contribution is -2.20. The number of carbonyl (C=O) groups excluding carboxylic acids is 2. The van der Waals surface area contributed by atoms with E-state index >= 15 is 0 Å². The Morgan fingerprint density at radius 3 is 2.39 bits per heavy atom. The summed E-state index contributed by atoms with van der Waals surface area (Å²) in [5.74, 6) is -0.439. The zero-order valence-corrected chi connectivity index (χ0v) is 17.3. The van der Waals surface area contributed by atoms with Crippen LogP contribution in [0.5, 0.6) is 11.5 Å². The first-order valence-corrected chi connectivity index (χ1v) is 9.75. The van der Waals surface area contributed by atoms with Crippen LogP contribution in [0, 0.1) is 5.82 Å². The number of hydrogen-bond acceptors (Lipinski definition) is 4. The molecule has 3 aromatic rings. The van der Waals surface area contributed by atoms with Gasteiger partial charge in [-0.3, -0.25) is 9.59 Å². The number of benzene rings is 3. The first kappa shape index (κ1) is 21.8. The number of amides is 2. The van der Waals surface area contributed by atoms with Gasteiger partial charge >= 0.3 is 0 Å². The van der Waals surface area contributed by atoms with Crippen LogP contribution in [0.3, 0.4) is 0 Å². The van der Waals surface area contributed by atoms with Crippen LogP contribution in [0.2, 0.25) is 0 Å². The van der Waals surface area contributed by atoms with Gasteiger partial charge in [0.05, 0.1) is 7.11 Å². The summed E-state index contributed by atoms with van der Waals surface area (Å²) < 4.78 is 23.8. The molecule has 0 atom stereocenters. The fourth-order valence-electron chi connectivity index (χ4n) is 2.87. The minimum atomic E-state index is -0.411. The van der Waals surface area contributed by atoms with Crippen LogP contribution in [0.25, 0.3) is 0 Å². The Morgan fingerprint density at radius 2 is 1.68 bits per heavy atom. The van der Waals surface area contributed by atoms with E-state index in [1.807, 2.05) is 31.2 Å². The number of methoxy groups -OCH3 is 1. The van der Waals surface area contributed by atoms with Crippen LogP contribution in [-0.2, 0) is 11.2 Å². The zero-order chi connectivity index (χ0) is 22.2. The molecule has 0 unspecified atom stereocenters. The Kier molecular flexibility index (Phi) is 7.22. The summed E-state index contributed by atoms with van der Waals surface area (Å²) in [5, 5.41) is 5.47. The van der Waals surface area contributed by atoms with Crippen LogP contribution in [0.1, 0.15) is 22.8 Å². The molecule has 0 radical (unpaired) electrons. The molecule has 6 nitrogen and oxygen atoms in total. The minimum Gasteiger partial charge on any atom is -0.493 e. The third-order valence-electron chi connectivity index (χ3n) is 4.51. The van der Waals surface area contributed by atoms with E-state index < -0.39 is 5.91 Å². The molecule has 0 fully saturated rings. The maximum absolute atomic E-state index is 12.9. The standard InChI is InChI=1S/C24H23FN2O4/c1-3-16-5-4-6-20(13-16)27-24(29)17-7-12-21(22(14-17)30-2)31-15-23(28)26-19-10-8-18(25)9-11-19/h4-14H,3,15H2,1-2H3,(H,26,28)(H,27,29). The van der Waals surface area contributed by atoms with E-state index in [1.54, 1.807) is 18.2 Å². The van der Waals surface area contributed by atoms with Gasteiger partial charge in [-0.2, -0.15) is 0 Å². The average Bonchev–Trinajstić information content (AvgIpc) is 2.79. The first-order valence-electron chi connectivity index (χ1n) is 9.75. The van der Waals surface area contributed by atoms with E-state index in [2.05, 4.69) is 10.6 Å². The molecule has 0 saturated carbocycles. The van der Waals surface area contributed by atoms with E-state index in [9.17, 15) is 14.0 Å². The SMILES string of the molecule is CCc1cccc(NC(=O)c2ccc(OCC(=O)Nc3ccc(F)cc3)c(OC)c2)c1. The summed E-state index contributed by atoms with van der Waals surface area (Å²) >= 11 is 0. The summed E-state index contributed by atoms with van der Waals surface area (Å²) in [4.78, 5) is 24.7. The first-order chi connectivity index (χ1) is 15.0. The van der Waals surface area contributed by atoms with Gasteiger partial charge in [0, 0.05) is 16.9 Å². The smallest absolute Gasteiger partial charge is 0.262 e. The van der Waals surface area contributed by atoms with Crippen molar-refractivity contribution in [2.24, 2.45) is 0 Å². The van der Waals surface area contributed by atoms with Crippen molar-refractivity contribution in [3.8, 4) is 11.5 Å². The highest BCUT2D eigenvalue weighted by atomic mass is 19.1. The van der Waals surface area contributed by atoms with Crippen molar-refractivity contribution in [1.29, 1.82) is 0 Å². The molecule has 0 aliphatic carbocycles. The normalized spacial score (nSPS) is 10.3. The number of rotatable bonds is 8. The van der Waals surface area contributed by atoms with Crippen LogP contribution in [0.15, 0.2) is 66.7 Å². The Bertz CT molecular complexity index is 1070. The fourth-order valence-corrected chi connectivity index (χ4v) is 2.87. The zero-order valence-electron chi connectivity index (χ0n) is 17.3. The molecule has 31 heavy (non-hydrogen) atoms. The van der Waals surface area contributed by atoms with Gasteiger partial charge < -0.3 is 20.1 Å². The van der Waals surface area contributed by atoms with Gasteiger partial charge in [-0.1, -0.05) is 19.1 Å². The largest absolute Gasteiger partial charge is 0.493 e. The Labute approximate surface area is 180 Å². The Hall–Kier alpha value is -3.87. The van der Waals surface area contributed by atoms with Crippen molar-refractivity contribution < 1.29 is 23.5 Å². The van der Waals surface area contributed by atoms with E-state index in [0.717, 1.165) is 12.0 Å². The lowest BCUT2D eigenvalue weighted by atomic mass is 10.1. The lowest BCUT2D eigenvalue weighted by molar-refractivity contribution is -0.118. The molecule has 160 valence electrons. The molecule has 3 rings (SSSR count). The molecule has 2 amide bonds. The van der Waals surface area contributed by atoms with Gasteiger partial charge in [-0.25, -0.2) is 4.39 Å². The maximum atomic E-state index is 12.9. The fraction of sp³-hybridized carbons (Fsp3) is 0.167. The molecule has 2 N–H and O–H groups in total. The molecule has 0 heterocycles. The number of hydrogen-bond donors (Lipinski definition) is 2. The summed E-state index contributed by atoms with van der Waals surface area (Å²) in [6.07, 6.45) is 0.873. The minimum absolute atomic E-state index is 0.275. The molecule has 0 aliphatic rings. The molecule has 0 aliphatic heterocycles. The molecular weight excluding hydrogens is 399 g/mol. The van der Waals surface area contributed by atoms with Crippen molar-refractivity contribution in [2.75, 3.05) is 24.4 Å². The van der Waals surface area contributed by atoms with Crippen molar-refractivity contribution in [3.63, 3.8) is 0 Å². The highest BCUT2D eigenvalue weighted by Crippen LogP contribution is 2.28. The highest BCUT2D eigenvalue weighted by molar-refractivity contribution is 6.04. The van der Waals surface area contributed by atoms with Gasteiger partial charge in [0.1, 0.15) is 5.82 Å². The van der Waals surface area contributed by atoms with Gasteiger partial charge in [0.25, 0.3) is 11.8 Å². The quantitative estimate of drug-likeness (QED) is 0.553. The Balaban J connectivity index is 1.62. The number of nitrogens with one attached hydrogen (secondary N) is 2. The van der Waals surface area contributed by atoms with E-state index in [-0.39, 0.29) is 18.3 Å². The topological polar surface area (TPSA) is 76.7 Å². The Morgan fingerprint density at radius 1 is 0.903 bits per heavy atom. The summed E-state index contributed by atoms with van der Waals surface area (Å²) in [5.41, 5.74) is 2.68. The number of carbonyl (C=O) groups is 2.